The smallest absolute Gasteiger partial charge is 0.325 e. The van der Waals surface area contributed by atoms with Gasteiger partial charge in [-0.25, -0.2) is 4.79 Å². The van der Waals surface area contributed by atoms with Gasteiger partial charge in [0.05, 0.1) is 0 Å². The molecule has 1 fully saturated rings. The maximum atomic E-state index is 12.8. The molecule has 0 aromatic heterocycles. The van der Waals surface area contributed by atoms with Gasteiger partial charge in [-0.2, -0.15) is 0 Å². The SMILES string of the molecule is C[C@@]1(c2ccccc2Cl)NC(=O)N(CC(=O)Nc2ccc(Br)cc2)C1=O. The van der Waals surface area contributed by atoms with Crippen LogP contribution in [0.3, 0.4) is 0 Å². The van der Waals surface area contributed by atoms with E-state index in [1.807, 2.05) is 0 Å². The second-order valence-corrected chi connectivity index (χ2v) is 7.30. The van der Waals surface area contributed by atoms with Gasteiger partial charge in [-0.3, -0.25) is 14.5 Å². The quantitative estimate of drug-likeness (QED) is 0.720. The fourth-order valence-electron chi connectivity index (χ4n) is 2.77. The van der Waals surface area contributed by atoms with Gasteiger partial charge in [0, 0.05) is 20.7 Å². The van der Waals surface area contributed by atoms with Crippen molar-refractivity contribution in [1.29, 1.82) is 0 Å². The zero-order valence-electron chi connectivity index (χ0n) is 13.8. The topological polar surface area (TPSA) is 78.5 Å². The summed E-state index contributed by atoms with van der Waals surface area (Å²) in [4.78, 5) is 38.2. The van der Waals surface area contributed by atoms with E-state index in [-0.39, 0.29) is 6.54 Å². The van der Waals surface area contributed by atoms with E-state index in [0.29, 0.717) is 16.3 Å². The lowest BCUT2D eigenvalue weighted by molar-refractivity contribution is -0.133. The predicted molar refractivity (Wildman–Crippen MR) is 102 cm³/mol. The molecule has 6 nitrogen and oxygen atoms in total. The van der Waals surface area contributed by atoms with Crippen LogP contribution in [0.5, 0.6) is 0 Å². The number of carbonyl (C=O) groups is 3. The van der Waals surface area contributed by atoms with Crippen molar-refractivity contribution in [2.75, 3.05) is 11.9 Å². The lowest BCUT2D eigenvalue weighted by atomic mass is 9.92. The second-order valence-electron chi connectivity index (χ2n) is 5.98. The van der Waals surface area contributed by atoms with Gasteiger partial charge in [0.2, 0.25) is 5.91 Å². The number of urea groups is 1. The van der Waals surface area contributed by atoms with Gasteiger partial charge in [-0.15, -0.1) is 0 Å². The number of hydrogen-bond acceptors (Lipinski definition) is 3. The Hall–Kier alpha value is -2.38. The number of benzene rings is 2. The van der Waals surface area contributed by atoms with Crippen molar-refractivity contribution in [2.24, 2.45) is 0 Å². The molecule has 0 saturated carbocycles. The summed E-state index contributed by atoms with van der Waals surface area (Å²) in [6, 6.07) is 13.1. The van der Waals surface area contributed by atoms with Gasteiger partial charge < -0.3 is 10.6 Å². The molecule has 1 atom stereocenters. The van der Waals surface area contributed by atoms with Gasteiger partial charge in [-0.05, 0) is 37.3 Å². The first kappa shape index (κ1) is 18.4. The van der Waals surface area contributed by atoms with Gasteiger partial charge in [-0.1, -0.05) is 45.7 Å². The third-order valence-electron chi connectivity index (χ3n) is 4.12. The second kappa shape index (κ2) is 7.09. The summed E-state index contributed by atoms with van der Waals surface area (Å²) in [6.45, 7) is 1.18. The van der Waals surface area contributed by atoms with Crippen molar-refractivity contribution in [3.8, 4) is 0 Å². The van der Waals surface area contributed by atoms with Crippen LogP contribution in [0, 0.1) is 0 Å². The van der Waals surface area contributed by atoms with Gasteiger partial charge >= 0.3 is 6.03 Å². The van der Waals surface area contributed by atoms with Crippen molar-refractivity contribution >= 4 is 51.1 Å². The van der Waals surface area contributed by atoms with E-state index in [4.69, 9.17) is 11.6 Å². The van der Waals surface area contributed by atoms with E-state index in [1.54, 1.807) is 55.5 Å². The number of nitrogens with zero attached hydrogens (tertiary/aromatic N) is 1. The van der Waals surface area contributed by atoms with E-state index in [9.17, 15) is 14.4 Å². The number of halogens is 2. The Balaban J connectivity index is 1.76. The molecule has 1 saturated heterocycles. The normalized spacial score (nSPS) is 19.4. The average Bonchev–Trinajstić information content (AvgIpc) is 2.81. The molecule has 1 heterocycles. The highest BCUT2D eigenvalue weighted by Crippen LogP contribution is 2.33. The number of anilines is 1. The van der Waals surface area contributed by atoms with Crippen molar-refractivity contribution in [2.45, 2.75) is 12.5 Å². The Labute approximate surface area is 163 Å². The van der Waals surface area contributed by atoms with Crippen molar-refractivity contribution in [1.82, 2.24) is 10.2 Å². The molecule has 134 valence electrons. The van der Waals surface area contributed by atoms with Crippen LogP contribution >= 0.6 is 27.5 Å². The summed E-state index contributed by atoms with van der Waals surface area (Å²) in [6.07, 6.45) is 0. The number of nitrogens with one attached hydrogen (secondary N) is 2. The minimum Gasteiger partial charge on any atom is -0.325 e. The molecule has 26 heavy (non-hydrogen) atoms. The highest BCUT2D eigenvalue weighted by Gasteiger charge is 2.50. The largest absolute Gasteiger partial charge is 0.325 e. The van der Waals surface area contributed by atoms with Crippen LogP contribution in [-0.2, 0) is 15.1 Å². The number of rotatable bonds is 4. The Morgan fingerprint density at radius 3 is 2.50 bits per heavy atom. The van der Waals surface area contributed by atoms with Crippen LogP contribution in [-0.4, -0.2) is 29.3 Å². The molecular weight excluding hydrogens is 422 g/mol. The minimum atomic E-state index is -1.31. The first-order valence-electron chi connectivity index (χ1n) is 7.76. The Morgan fingerprint density at radius 2 is 1.85 bits per heavy atom. The van der Waals surface area contributed by atoms with Gasteiger partial charge in [0.1, 0.15) is 12.1 Å². The maximum absolute atomic E-state index is 12.8. The van der Waals surface area contributed by atoms with Crippen LogP contribution in [0.4, 0.5) is 10.5 Å². The first-order valence-corrected chi connectivity index (χ1v) is 8.93. The molecule has 0 bridgehead atoms. The maximum Gasteiger partial charge on any atom is 0.325 e. The monoisotopic (exact) mass is 435 g/mol. The minimum absolute atomic E-state index is 0.366. The summed E-state index contributed by atoms with van der Waals surface area (Å²) in [7, 11) is 0. The van der Waals surface area contributed by atoms with E-state index in [0.717, 1.165) is 9.37 Å². The molecule has 1 aliphatic rings. The molecule has 0 spiro atoms. The summed E-state index contributed by atoms with van der Waals surface area (Å²) >= 11 is 9.48. The summed E-state index contributed by atoms with van der Waals surface area (Å²) in [5, 5.41) is 5.65. The lowest BCUT2D eigenvalue weighted by Crippen LogP contribution is -2.42. The van der Waals surface area contributed by atoms with Crippen molar-refractivity contribution in [3.63, 3.8) is 0 Å². The standard InChI is InChI=1S/C18H15BrClN3O3/c1-18(13-4-2-3-5-14(13)20)16(25)23(17(26)22-18)10-15(24)21-12-8-6-11(19)7-9-12/h2-9H,10H2,1H3,(H,21,24)(H,22,26)/t18-/m0/s1. The zero-order valence-corrected chi connectivity index (χ0v) is 16.1. The fraction of sp³-hybridized carbons (Fsp3) is 0.167. The third kappa shape index (κ3) is 3.45. The Bertz CT molecular complexity index is 888. The Kier molecular flexibility index (Phi) is 5.02. The van der Waals surface area contributed by atoms with Gasteiger partial charge in [0.25, 0.3) is 5.91 Å². The van der Waals surface area contributed by atoms with Gasteiger partial charge in [0.15, 0.2) is 0 Å². The molecule has 1 aliphatic heterocycles. The molecule has 0 radical (unpaired) electrons. The molecule has 3 rings (SSSR count). The van der Waals surface area contributed by atoms with Crippen molar-refractivity contribution in [3.05, 3.63) is 63.6 Å². The summed E-state index contributed by atoms with van der Waals surface area (Å²) < 4.78 is 0.875. The molecular formula is C18H15BrClN3O3. The number of carbonyl (C=O) groups excluding carboxylic acids is 3. The fourth-order valence-corrected chi connectivity index (χ4v) is 3.36. The highest BCUT2D eigenvalue weighted by atomic mass is 79.9. The molecule has 0 aliphatic carbocycles. The first-order chi connectivity index (χ1) is 12.3. The van der Waals surface area contributed by atoms with E-state index in [2.05, 4.69) is 26.6 Å². The molecule has 2 aromatic carbocycles. The molecule has 2 aromatic rings. The average molecular weight is 437 g/mol. The van der Waals surface area contributed by atoms with Crippen LogP contribution < -0.4 is 10.6 Å². The van der Waals surface area contributed by atoms with E-state index < -0.39 is 23.4 Å². The van der Waals surface area contributed by atoms with Crippen molar-refractivity contribution < 1.29 is 14.4 Å². The summed E-state index contributed by atoms with van der Waals surface area (Å²) in [5.41, 5.74) is -0.261. The molecule has 0 unspecified atom stereocenters. The number of amides is 4. The van der Waals surface area contributed by atoms with Crippen LogP contribution in [0.15, 0.2) is 53.0 Å². The molecule has 4 amide bonds. The number of imide groups is 1. The third-order valence-corrected chi connectivity index (χ3v) is 4.98. The lowest BCUT2D eigenvalue weighted by Gasteiger charge is -2.23. The van der Waals surface area contributed by atoms with Crippen LogP contribution in [0.25, 0.3) is 0 Å². The van der Waals surface area contributed by atoms with E-state index in [1.165, 1.54) is 0 Å². The van der Waals surface area contributed by atoms with Crippen LogP contribution in [0.1, 0.15) is 12.5 Å². The van der Waals surface area contributed by atoms with Crippen LogP contribution in [0.2, 0.25) is 5.02 Å². The Morgan fingerprint density at radius 1 is 1.19 bits per heavy atom. The predicted octanol–water partition coefficient (Wildman–Crippen LogP) is 3.51. The highest BCUT2D eigenvalue weighted by molar-refractivity contribution is 9.10. The molecule has 2 N–H and O–H groups in total. The van der Waals surface area contributed by atoms with E-state index >= 15 is 0 Å². The summed E-state index contributed by atoms with van der Waals surface area (Å²) in [5.74, 6) is -0.999. The zero-order chi connectivity index (χ0) is 18.9. The molecule has 8 heteroatoms. The number of hydrogen-bond donors (Lipinski definition) is 2.